The van der Waals surface area contributed by atoms with E-state index in [4.69, 9.17) is 9.40 Å². The van der Waals surface area contributed by atoms with Crippen LogP contribution in [-0.2, 0) is 30.6 Å². The fourth-order valence-electron chi connectivity index (χ4n) is 4.49. The summed E-state index contributed by atoms with van der Waals surface area (Å²) in [6, 6.07) is 6.11. The molecule has 1 fully saturated rings. The summed E-state index contributed by atoms with van der Waals surface area (Å²) in [5, 5.41) is 12.8. The Morgan fingerprint density at radius 1 is 1.27 bits per heavy atom. The number of furan rings is 1. The van der Waals surface area contributed by atoms with Gasteiger partial charge in [-0.1, -0.05) is 13.3 Å². The summed E-state index contributed by atoms with van der Waals surface area (Å²) < 4.78 is 5.25. The number of rotatable bonds is 7. The molecule has 3 heterocycles. The summed E-state index contributed by atoms with van der Waals surface area (Å²) in [5.74, 6) is 1.60. The van der Waals surface area contributed by atoms with E-state index in [1.54, 1.807) is 6.26 Å². The van der Waals surface area contributed by atoms with Gasteiger partial charge in [0, 0.05) is 31.9 Å². The number of carbonyl (C=O) groups is 1. The van der Waals surface area contributed by atoms with Crippen molar-refractivity contribution in [3.05, 3.63) is 46.5 Å². The van der Waals surface area contributed by atoms with Crippen LogP contribution in [0.1, 0.15) is 47.9 Å². The van der Waals surface area contributed by atoms with E-state index in [1.807, 2.05) is 12.1 Å². The Morgan fingerprint density at radius 2 is 2.07 bits per heavy atom. The number of aryl methyl sites for hydroxylation is 1. The molecule has 4 rings (SSSR count). The Balaban J connectivity index is 1.38. The van der Waals surface area contributed by atoms with Gasteiger partial charge in [-0.3, -0.25) is 9.69 Å². The zero-order valence-corrected chi connectivity index (χ0v) is 17.6. The Bertz CT molecular complexity index is 924. The molecule has 0 unspecified atom stereocenters. The van der Waals surface area contributed by atoms with Crippen LogP contribution in [0, 0.1) is 11.3 Å². The van der Waals surface area contributed by atoms with E-state index in [2.05, 4.69) is 28.1 Å². The van der Waals surface area contributed by atoms with Crippen LogP contribution >= 0.6 is 0 Å². The van der Waals surface area contributed by atoms with Crippen molar-refractivity contribution in [2.24, 2.45) is 0 Å². The lowest BCUT2D eigenvalue weighted by Crippen LogP contribution is -2.50. The molecular formula is C23H29N5O2. The SMILES string of the molecule is CCCc1nc(N2CCN(CC(=O)NCc3ccco3)CC2)c(C#N)c2c1CCC2. The molecule has 7 nitrogen and oxygen atoms in total. The topological polar surface area (TPSA) is 85.4 Å². The summed E-state index contributed by atoms with van der Waals surface area (Å²) in [4.78, 5) is 21.6. The van der Waals surface area contributed by atoms with Crippen LogP contribution in [0.25, 0.3) is 0 Å². The highest BCUT2D eigenvalue weighted by Gasteiger charge is 2.27. The van der Waals surface area contributed by atoms with Crippen LogP contribution in [0.15, 0.2) is 22.8 Å². The van der Waals surface area contributed by atoms with E-state index >= 15 is 0 Å². The Labute approximate surface area is 177 Å². The van der Waals surface area contributed by atoms with Gasteiger partial charge in [0.2, 0.25) is 5.91 Å². The summed E-state index contributed by atoms with van der Waals surface area (Å²) >= 11 is 0. The molecule has 0 radical (unpaired) electrons. The number of fused-ring (bicyclic) bond motifs is 1. The number of nitriles is 1. The molecule has 7 heteroatoms. The van der Waals surface area contributed by atoms with Crippen LogP contribution in [0.4, 0.5) is 5.82 Å². The Kier molecular flexibility index (Phi) is 6.34. The predicted octanol–water partition coefficient (Wildman–Crippen LogP) is 2.43. The minimum absolute atomic E-state index is 0.00143. The third kappa shape index (κ3) is 4.34. The second kappa shape index (κ2) is 9.31. The molecule has 158 valence electrons. The van der Waals surface area contributed by atoms with Gasteiger partial charge in [-0.15, -0.1) is 0 Å². The lowest BCUT2D eigenvalue weighted by molar-refractivity contribution is -0.122. The quantitative estimate of drug-likeness (QED) is 0.759. The molecule has 0 aromatic carbocycles. The number of amides is 1. The number of aromatic nitrogens is 1. The standard InChI is InChI=1S/C23H29N5O2/c1-2-5-21-19-8-3-7-18(19)20(14-24)23(26-21)28-11-9-27(10-12-28)16-22(29)25-15-17-6-4-13-30-17/h4,6,13H,2-3,5,7-12,15-16H2,1H3,(H,25,29). The van der Waals surface area contributed by atoms with Gasteiger partial charge in [-0.25, -0.2) is 4.98 Å². The molecule has 30 heavy (non-hydrogen) atoms. The number of hydrogen-bond acceptors (Lipinski definition) is 6. The predicted molar refractivity (Wildman–Crippen MR) is 114 cm³/mol. The van der Waals surface area contributed by atoms with E-state index in [0.717, 1.165) is 75.4 Å². The van der Waals surface area contributed by atoms with Crippen molar-refractivity contribution < 1.29 is 9.21 Å². The van der Waals surface area contributed by atoms with E-state index < -0.39 is 0 Å². The van der Waals surface area contributed by atoms with E-state index in [9.17, 15) is 10.1 Å². The molecule has 1 aliphatic heterocycles. The van der Waals surface area contributed by atoms with E-state index in [1.165, 1.54) is 16.8 Å². The lowest BCUT2D eigenvalue weighted by atomic mass is 10.0. The van der Waals surface area contributed by atoms with Gasteiger partial charge in [-0.05, 0) is 48.9 Å². The molecule has 1 saturated heterocycles. The zero-order chi connectivity index (χ0) is 20.9. The van der Waals surface area contributed by atoms with Crippen LogP contribution in [0.2, 0.25) is 0 Å². The molecule has 0 spiro atoms. The van der Waals surface area contributed by atoms with Gasteiger partial charge in [0.1, 0.15) is 17.6 Å². The number of anilines is 1. The first kappa shape index (κ1) is 20.4. The number of pyridine rings is 1. The van der Waals surface area contributed by atoms with Gasteiger partial charge in [-0.2, -0.15) is 5.26 Å². The van der Waals surface area contributed by atoms with Gasteiger partial charge >= 0.3 is 0 Å². The normalized spacial score (nSPS) is 16.3. The average molecular weight is 408 g/mol. The number of nitrogens with one attached hydrogen (secondary N) is 1. The summed E-state index contributed by atoms with van der Waals surface area (Å²) in [5.41, 5.74) is 4.50. The first-order valence-electron chi connectivity index (χ1n) is 10.9. The van der Waals surface area contributed by atoms with Crippen LogP contribution in [0.3, 0.4) is 0 Å². The van der Waals surface area contributed by atoms with Crippen molar-refractivity contribution in [2.45, 2.75) is 45.6 Å². The molecule has 0 bridgehead atoms. The van der Waals surface area contributed by atoms with Crippen molar-refractivity contribution in [1.29, 1.82) is 5.26 Å². The fourth-order valence-corrected chi connectivity index (χ4v) is 4.49. The van der Waals surface area contributed by atoms with Gasteiger partial charge in [0.25, 0.3) is 0 Å². The zero-order valence-electron chi connectivity index (χ0n) is 17.6. The van der Waals surface area contributed by atoms with Crippen molar-refractivity contribution in [2.75, 3.05) is 37.6 Å². The van der Waals surface area contributed by atoms with Gasteiger partial charge in [0.15, 0.2) is 0 Å². The van der Waals surface area contributed by atoms with Crippen molar-refractivity contribution in [1.82, 2.24) is 15.2 Å². The van der Waals surface area contributed by atoms with Crippen LogP contribution in [-0.4, -0.2) is 48.5 Å². The van der Waals surface area contributed by atoms with E-state index in [-0.39, 0.29) is 5.91 Å². The van der Waals surface area contributed by atoms with Crippen LogP contribution in [0.5, 0.6) is 0 Å². The highest BCUT2D eigenvalue weighted by Crippen LogP contribution is 2.33. The van der Waals surface area contributed by atoms with Crippen LogP contribution < -0.4 is 10.2 Å². The van der Waals surface area contributed by atoms with Crippen molar-refractivity contribution in [3.63, 3.8) is 0 Å². The second-order valence-electron chi connectivity index (χ2n) is 8.05. The molecule has 0 atom stereocenters. The molecule has 1 amide bonds. The molecule has 2 aromatic heterocycles. The molecule has 2 aromatic rings. The van der Waals surface area contributed by atoms with E-state index in [0.29, 0.717) is 13.1 Å². The van der Waals surface area contributed by atoms with Gasteiger partial charge in [0.05, 0.1) is 24.9 Å². The minimum atomic E-state index is -0.00143. The number of nitrogens with zero attached hydrogens (tertiary/aromatic N) is 4. The molecular weight excluding hydrogens is 378 g/mol. The molecule has 1 N–H and O–H groups in total. The average Bonchev–Trinajstić information content (AvgIpc) is 3.45. The van der Waals surface area contributed by atoms with Crippen molar-refractivity contribution >= 4 is 11.7 Å². The summed E-state index contributed by atoms with van der Waals surface area (Å²) in [7, 11) is 0. The fraction of sp³-hybridized carbons (Fsp3) is 0.522. The van der Waals surface area contributed by atoms with Gasteiger partial charge < -0.3 is 14.6 Å². The first-order valence-corrected chi connectivity index (χ1v) is 10.9. The third-order valence-electron chi connectivity index (χ3n) is 6.01. The third-order valence-corrected chi connectivity index (χ3v) is 6.01. The summed E-state index contributed by atoms with van der Waals surface area (Å²) in [6.07, 6.45) is 6.79. The number of hydrogen-bond donors (Lipinski definition) is 1. The molecule has 0 saturated carbocycles. The molecule has 2 aliphatic rings. The Morgan fingerprint density at radius 3 is 2.77 bits per heavy atom. The highest BCUT2D eigenvalue weighted by atomic mass is 16.3. The monoisotopic (exact) mass is 407 g/mol. The number of carbonyl (C=O) groups excluding carboxylic acids is 1. The Hall–Kier alpha value is -2.85. The van der Waals surface area contributed by atoms with Crippen molar-refractivity contribution in [3.8, 4) is 6.07 Å². The largest absolute Gasteiger partial charge is 0.467 e. The summed E-state index contributed by atoms with van der Waals surface area (Å²) in [6.45, 7) is 6.07. The highest BCUT2D eigenvalue weighted by molar-refractivity contribution is 5.78. The maximum Gasteiger partial charge on any atom is 0.234 e. The lowest BCUT2D eigenvalue weighted by Gasteiger charge is -2.36. The molecule has 1 aliphatic carbocycles. The maximum absolute atomic E-state index is 12.2. The maximum atomic E-state index is 12.2. The minimum Gasteiger partial charge on any atom is -0.467 e. The smallest absolute Gasteiger partial charge is 0.234 e. The second-order valence-corrected chi connectivity index (χ2v) is 8.05. The number of piperazine rings is 1. The first-order chi connectivity index (χ1) is 14.7.